The van der Waals surface area contributed by atoms with Crippen LogP contribution in [0.1, 0.15) is 26.3 Å². The lowest BCUT2D eigenvalue weighted by atomic mass is 10.0. The first-order chi connectivity index (χ1) is 7.67. The third-order valence-corrected chi connectivity index (χ3v) is 2.02. The third-order valence-electron chi connectivity index (χ3n) is 2.02. The second-order valence-electron chi connectivity index (χ2n) is 2.86. The zero-order valence-electron chi connectivity index (χ0n) is 8.81. The van der Waals surface area contributed by atoms with Gasteiger partial charge in [0.2, 0.25) is 0 Å². The smallest absolute Gasteiger partial charge is 0.339 e. The average Bonchev–Trinajstić information content (AvgIpc) is 2.35. The molecular formula is C11H9NO4. The monoisotopic (exact) mass is 219 g/mol. The number of nitrogens with zero attached hydrogens (tertiary/aromatic N) is 1. The summed E-state index contributed by atoms with van der Waals surface area (Å²) in [7, 11) is 2.60. The Labute approximate surface area is 92.2 Å². The van der Waals surface area contributed by atoms with Crippen molar-refractivity contribution in [2.24, 2.45) is 0 Å². The van der Waals surface area contributed by atoms with Gasteiger partial charge >= 0.3 is 5.97 Å². The minimum absolute atomic E-state index is 0.0114. The van der Waals surface area contributed by atoms with E-state index in [9.17, 15) is 9.59 Å². The Kier molecular flexibility index (Phi) is 3.62. The zero-order valence-corrected chi connectivity index (χ0v) is 8.81. The maximum atomic E-state index is 11.4. The molecule has 0 spiro atoms. The quantitative estimate of drug-likeness (QED) is 0.563. The number of rotatable bonds is 3. The van der Waals surface area contributed by atoms with E-state index in [2.05, 4.69) is 4.74 Å². The molecule has 0 saturated carbocycles. The molecule has 1 aromatic rings. The van der Waals surface area contributed by atoms with Gasteiger partial charge in [-0.25, -0.2) is 4.79 Å². The van der Waals surface area contributed by atoms with Crippen LogP contribution in [0.2, 0.25) is 0 Å². The van der Waals surface area contributed by atoms with E-state index in [1.54, 1.807) is 6.07 Å². The number of nitriles is 1. The SMILES string of the molecule is COC(=O)c1cc(OC)cc(C=O)c1C#N. The van der Waals surface area contributed by atoms with Crippen molar-refractivity contribution in [2.75, 3.05) is 14.2 Å². The van der Waals surface area contributed by atoms with Crippen LogP contribution >= 0.6 is 0 Å². The lowest BCUT2D eigenvalue weighted by Crippen LogP contribution is -2.07. The number of carbonyl (C=O) groups excluding carboxylic acids is 2. The van der Waals surface area contributed by atoms with Gasteiger partial charge in [-0.2, -0.15) is 5.26 Å². The summed E-state index contributed by atoms with van der Waals surface area (Å²) in [5, 5.41) is 8.88. The van der Waals surface area contributed by atoms with Crippen LogP contribution in [0.3, 0.4) is 0 Å². The highest BCUT2D eigenvalue weighted by atomic mass is 16.5. The molecule has 0 amide bonds. The molecule has 5 nitrogen and oxygen atoms in total. The molecule has 1 rings (SSSR count). The van der Waals surface area contributed by atoms with E-state index in [0.29, 0.717) is 12.0 Å². The standard InChI is InChI=1S/C11H9NO4/c1-15-8-3-7(6-13)10(5-12)9(4-8)11(14)16-2/h3-4,6H,1-2H3. The van der Waals surface area contributed by atoms with Crippen molar-refractivity contribution >= 4 is 12.3 Å². The van der Waals surface area contributed by atoms with E-state index in [1.165, 1.54) is 26.4 Å². The molecule has 0 aromatic heterocycles. The van der Waals surface area contributed by atoms with Crippen LogP contribution in [0.15, 0.2) is 12.1 Å². The summed E-state index contributed by atoms with van der Waals surface area (Å²) in [6, 6.07) is 4.54. The number of carbonyl (C=O) groups is 2. The Morgan fingerprint density at radius 2 is 2.12 bits per heavy atom. The van der Waals surface area contributed by atoms with E-state index < -0.39 is 5.97 Å². The van der Waals surface area contributed by atoms with Crippen LogP contribution in [-0.2, 0) is 4.74 Å². The number of ether oxygens (including phenoxy) is 2. The van der Waals surface area contributed by atoms with Crippen molar-refractivity contribution < 1.29 is 19.1 Å². The highest BCUT2D eigenvalue weighted by molar-refractivity contribution is 5.96. The van der Waals surface area contributed by atoms with Crippen molar-refractivity contribution in [3.05, 3.63) is 28.8 Å². The van der Waals surface area contributed by atoms with Gasteiger partial charge in [0, 0.05) is 5.56 Å². The summed E-state index contributed by atoms with van der Waals surface area (Å²) in [5.41, 5.74) is 0.108. The van der Waals surface area contributed by atoms with Crippen molar-refractivity contribution in [1.82, 2.24) is 0 Å². The van der Waals surface area contributed by atoms with Crippen LogP contribution in [0, 0.1) is 11.3 Å². The molecule has 5 heteroatoms. The number of hydrogen-bond donors (Lipinski definition) is 0. The fraction of sp³-hybridized carbons (Fsp3) is 0.182. The average molecular weight is 219 g/mol. The van der Waals surface area contributed by atoms with Gasteiger partial charge in [0.25, 0.3) is 0 Å². The molecule has 0 bridgehead atoms. The zero-order chi connectivity index (χ0) is 12.1. The number of hydrogen-bond acceptors (Lipinski definition) is 5. The van der Waals surface area contributed by atoms with Gasteiger partial charge in [0.15, 0.2) is 6.29 Å². The van der Waals surface area contributed by atoms with Gasteiger partial charge in [-0.05, 0) is 12.1 Å². The van der Waals surface area contributed by atoms with Crippen LogP contribution in [0.4, 0.5) is 0 Å². The lowest BCUT2D eigenvalue weighted by Gasteiger charge is -2.07. The number of methoxy groups -OCH3 is 2. The van der Waals surface area contributed by atoms with Crippen LogP contribution < -0.4 is 4.74 Å². The highest BCUT2D eigenvalue weighted by Crippen LogP contribution is 2.21. The Morgan fingerprint density at radius 3 is 2.56 bits per heavy atom. The predicted molar refractivity (Wildman–Crippen MR) is 54.4 cm³/mol. The molecule has 0 atom stereocenters. The molecule has 0 aliphatic heterocycles. The summed E-state index contributed by atoms with van der Waals surface area (Å²) < 4.78 is 9.43. The summed E-state index contributed by atoms with van der Waals surface area (Å²) in [5.74, 6) is -0.361. The normalized spacial score (nSPS) is 9.06. The topological polar surface area (TPSA) is 76.4 Å². The van der Waals surface area contributed by atoms with E-state index in [-0.39, 0.29) is 16.7 Å². The maximum absolute atomic E-state index is 11.4. The first-order valence-corrected chi connectivity index (χ1v) is 4.33. The van der Waals surface area contributed by atoms with E-state index in [0.717, 1.165) is 0 Å². The third kappa shape index (κ3) is 2.01. The fourth-order valence-electron chi connectivity index (χ4n) is 1.24. The molecule has 0 radical (unpaired) electrons. The predicted octanol–water partition coefficient (Wildman–Crippen LogP) is 1.17. The number of aldehydes is 1. The largest absolute Gasteiger partial charge is 0.497 e. The second-order valence-corrected chi connectivity index (χ2v) is 2.86. The van der Waals surface area contributed by atoms with Crippen LogP contribution in [0.25, 0.3) is 0 Å². The van der Waals surface area contributed by atoms with E-state index in [4.69, 9.17) is 10.00 Å². The van der Waals surface area contributed by atoms with Crippen molar-refractivity contribution in [1.29, 1.82) is 5.26 Å². The lowest BCUT2D eigenvalue weighted by molar-refractivity contribution is 0.0600. The molecule has 0 heterocycles. The molecule has 82 valence electrons. The molecule has 0 aliphatic rings. The first kappa shape index (κ1) is 11.7. The molecule has 0 aliphatic carbocycles. The van der Waals surface area contributed by atoms with Crippen molar-refractivity contribution in [3.63, 3.8) is 0 Å². The van der Waals surface area contributed by atoms with Crippen molar-refractivity contribution in [3.8, 4) is 11.8 Å². The molecule has 16 heavy (non-hydrogen) atoms. The van der Waals surface area contributed by atoms with Crippen molar-refractivity contribution in [2.45, 2.75) is 0 Å². The van der Waals surface area contributed by atoms with Gasteiger partial charge in [-0.1, -0.05) is 0 Å². The van der Waals surface area contributed by atoms with Crippen LogP contribution in [-0.4, -0.2) is 26.5 Å². The van der Waals surface area contributed by atoms with Gasteiger partial charge in [0.1, 0.15) is 11.8 Å². The number of esters is 1. The minimum atomic E-state index is -0.682. The highest BCUT2D eigenvalue weighted by Gasteiger charge is 2.17. The van der Waals surface area contributed by atoms with Gasteiger partial charge in [0.05, 0.1) is 25.3 Å². The molecule has 1 aromatic carbocycles. The molecular weight excluding hydrogens is 210 g/mol. The van der Waals surface area contributed by atoms with Crippen LogP contribution in [0.5, 0.6) is 5.75 Å². The van der Waals surface area contributed by atoms with Gasteiger partial charge in [-0.15, -0.1) is 0 Å². The Hall–Kier alpha value is -2.35. The molecule has 0 unspecified atom stereocenters. The van der Waals surface area contributed by atoms with E-state index >= 15 is 0 Å². The Balaban J connectivity index is 3.50. The Morgan fingerprint density at radius 1 is 1.44 bits per heavy atom. The summed E-state index contributed by atoms with van der Waals surface area (Å²) in [6.45, 7) is 0. The minimum Gasteiger partial charge on any atom is -0.497 e. The fourth-order valence-corrected chi connectivity index (χ4v) is 1.24. The molecule has 0 saturated heterocycles. The maximum Gasteiger partial charge on any atom is 0.339 e. The van der Waals surface area contributed by atoms with Gasteiger partial charge < -0.3 is 9.47 Å². The number of benzene rings is 1. The Bertz CT molecular complexity index is 474. The summed E-state index contributed by atoms with van der Waals surface area (Å²) in [6.07, 6.45) is 0.494. The summed E-state index contributed by atoms with van der Waals surface area (Å²) >= 11 is 0. The molecule has 0 fully saturated rings. The molecule has 0 N–H and O–H groups in total. The summed E-state index contributed by atoms with van der Waals surface area (Å²) in [4.78, 5) is 22.1. The first-order valence-electron chi connectivity index (χ1n) is 4.33. The second kappa shape index (κ2) is 4.94. The van der Waals surface area contributed by atoms with Gasteiger partial charge in [-0.3, -0.25) is 4.79 Å². The van der Waals surface area contributed by atoms with E-state index in [1.807, 2.05) is 0 Å².